The Labute approximate surface area is 170 Å². The number of aromatic nitrogens is 1. The van der Waals surface area contributed by atoms with Gasteiger partial charge >= 0.3 is 17.9 Å². The Bertz CT molecular complexity index is 1220. The molecule has 8 heteroatoms. The van der Waals surface area contributed by atoms with Gasteiger partial charge in [-0.3, -0.25) is 19.0 Å². The van der Waals surface area contributed by atoms with Crippen LogP contribution in [-0.4, -0.2) is 49.7 Å². The first kappa shape index (κ1) is 19.4. The number of benzene rings is 2. The van der Waals surface area contributed by atoms with Gasteiger partial charge in [0.1, 0.15) is 0 Å². The quantitative estimate of drug-likeness (QED) is 0.372. The van der Waals surface area contributed by atoms with Gasteiger partial charge in [0.15, 0.2) is 0 Å². The van der Waals surface area contributed by atoms with Crippen LogP contribution in [0.5, 0.6) is 0 Å². The van der Waals surface area contributed by atoms with Gasteiger partial charge in [-0.05, 0) is 17.7 Å². The average Bonchev–Trinajstić information content (AvgIpc) is 3.14. The molecule has 2 heterocycles. The van der Waals surface area contributed by atoms with Crippen molar-refractivity contribution in [2.45, 2.75) is 5.41 Å². The minimum atomic E-state index is -2.20. The summed E-state index contributed by atoms with van der Waals surface area (Å²) in [5.41, 5.74) is -1.88. The Morgan fingerprint density at radius 3 is 2.07 bits per heavy atom. The lowest BCUT2D eigenvalue weighted by Gasteiger charge is -2.35. The molecule has 0 N–H and O–H groups in total. The van der Waals surface area contributed by atoms with Crippen LogP contribution in [0.15, 0.2) is 48.5 Å². The average molecular weight is 407 g/mol. The van der Waals surface area contributed by atoms with Crippen molar-refractivity contribution < 1.29 is 33.4 Å². The van der Waals surface area contributed by atoms with Crippen LogP contribution in [0.3, 0.4) is 0 Å². The summed E-state index contributed by atoms with van der Waals surface area (Å²) in [5, 5.41) is 0.359. The second-order valence-corrected chi connectivity index (χ2v) is 6.65. The molecule has 0 aliphatic carbocycles. The van der Waals surface area contributed by atoms with Crippen LogP contribution in [0.4, 0.5) is 0 Å². The number of esters is 3. The van der Waals surface area contributed by atoms with Gasteiger partial charge in [-0.1, -0.05) is 36.4 Å². The molecule has 0 saturated heterocycles. The highest BCUT2D eigenvalue weighted by molar-refractivity contribution is 6.22. The highest BCUT2D eigenvalue weighted by atomic mass is 16.5. The molecule has 1 aromatic heterocycles. The van der Waals surface area contributed by atoms with Crippen molar-refractivity contribution in [3.8, 4) is 0 Å². The van der Waals surface area contributed by atoms with Crippen molar-refractivity contribution in [2.24, 2.45) is 0 Å². The number of fused-ring (bicyclic) bond motifs is 4. The number of nitrogens with zero attached hydrogens (tertiary/aromatic N) is 1. The predicted octanol–water partition coefficient (Wildman–Crippen LogP) is 2.06. The highest BCUT2D eigenvalue weighted by Gasteiger charge is 2.60. The second-order valence-electron chi connectivity index (χ2n) is 6.65. The van der Waals surface area contributed by atoms with Crippen molar-refractivity contribution in [3.05, 3.63) is 70.9 Å². The lowest BCUT2D eigenvalue weighted by Crippen LogP contribution is -2.52. The first-order valence-corrected chi connectivity index (χ1v) is 8.98. The molecule has 152 valence electrons. The topological polar surface area (TPSA) is 101 Å². The summed E-state index contributed by atoms with van der Waals surface area (Å²) in [6.45, 7) is 0. The standard InChI is InChI=1S/C22H17NO7/c1-28-19(25)16-13-9-5-7-11-15(13)23-17(16)22(20(26)29-2,21(27)30-3)14-10-6-4-8-12(14)18(23)24/h4-11H,1-3H3. The molecule has 0 saturated carbocycles. The van der Waals surface area contributed by atoms with E-state index in [1.165, 1.54) is 23.8 Å². The van der Waals surface area contributed by atoms with E-state index in [9.17, 15) is 19.2 Å². The van der Waals surface area contributed by atoms with Crippen LogP contribution in [0.2, 0.25) is 0 Å². The molecule has 0 amide bonds. The minimum Gasteiger partial charge on any atom is -0.468 e. The number of carbonyl (C=O) groups is 4. The van der Waals surface area contributed by atoms with Crippen LogP contribution in [0.1, 0.15) is 32.0 Å². The van der Waals surface area contributed by atoms with Crippen molar-refractivity contribution in [2.75, 3.05) is 21.3 Å². The van der Waals surface area contributed by atoms with Gasteiger partial charge < -0.3 is 14.2 Å². The molecular formula is C22H17NO7. The molecule has 1 aliphatic rings. The molecule has 8 nitrogen and oxygen atoms in total. The summed E-state index contributed by atoms with van der Waals surface area (Å²) in [7, 11) is 3.42. The van der Waals surface area contributed by atoms with Crippen LogP contribution < -0.4 is 0 Å². The van der Waals surface area contributed by atoms with Crippen LogP contribution in [-0.2, 0) is 29.2 Å². The predicted molar refractivity (Wildman–Crippen MR) is 104 cm³/mol. The van der Waals surface area contributed by atoms with Crippen molar-refractivity contribution in [3.63, 3.8) is 0 Å². The number of rotatable bonds is 3. The second kappa shape index (κ2) is 6.84. The van der Waals surface area contributed by atoms with Gasteiger partial charge in [0.2, 0.25) is 5.41 Å². The summed E-state index contributed by atoms with van der Waals surface area (Å²) in [5.74, 6) is -3.26. The molecule has 0 unspecified atom stereocenters. The van der Waals surface area contributed by atoms with Gasteiger partial charge in [-0.15, -0.1) is 0 Å². The van der Waals surface area contributed by atoms with Crippen molar-refractivity contribution in [1.82, 2.24) is 4.57 Å². The third-order valence-corrected chi connectivity index (χ3v) is 5.37. The Hall–Kier alpha value is -3.94. The fraction of sp³-hybridized carbons (Fsp3) is 0.182. The van der Waals surface area contributed by atoms with Gasteiger partial charge in [0, 0.05) is 10.9 Å². The van der Waals surface area contributed by atoms with Gasteiger partial charge in [-0.2, -0.15) is 0 Å². The first-order chi connectivity index (χ1) is 14.4. The zero-order chi connectivity index (χ0) is 21.6. The largest absolute Gasteiger partial charge is 0.468 e. The number of para-hydroxylation sites is 1. The number of hydrogen-bond donors (Lipinski definition) is 0. The molecule has 0 spiro atoms. The lowest BCUT2D eigenvalue weighted by molar-refractivity contribution is -0.159. The number of methoxy groups -OCH3 is 3. The Balaban J connectivity index is 2.32. The zero-order valence-corrected chi connectivity index (χ0v) is 16.4. The first-order valence-electron chi connectivity index (χ1n) is 8.98. The smallest absolute Gasteiger partial charge is 0.340 e. The molecule has 3 aromatic rings. The van der Waals surface area contributed by atoms with Crippen LogP contribution in [0, 0.1) is 0 Å². The van der Waals surface area contributed by atoms with Crippen LogP contribution >= 0.6 is 0 Å². The maximum absolute atomic E-state index is 13.5. The Morgan fingerprint density at radius 1 is 0.833 bits per heavy atom. The van der Waals surface area contributed by atoms with E-state index in [1.807, 2.05) is 0 Å². The van der Waals surface area contributed by atoms with Crippen molar-refractivity contribution >= 4 is 34.7 Å². The Kier molecular flexibility index (Phi) is 4.42. The summed E-state index contributed by atoms with van der Waals surface area (Å²) in [6, 6.07) is 12.8. The SMILES string of the molecule is COC(=O)c1c2n(c3ccccc13)C(=O)c1ccccc1C2(C(=O)OC)C(=O)OC. The maximum atomic E-state index is 13.5. The summed E-state index contributed by atoms with van der Waals surface area (Å²) >= 11 is 0. The van der Waals surface area contributed by atoms with E-state index in [1.54, 1.807) is 36.4 Å². The number of ether oxygens (including phenoxy) is 3. The highest BCUT2D eigenvalue weighted by Crippen LogP contribution is 2.46. The summed E-state index contributed by atoms with van der Waals surface area (Å²) < 4.78 is 16.2. The van der Waals surface area contributed by atoms with E-state index < -0.39 is 29.2 Å². The molecule has 0 radical (unpaired) electrons. The van der Waals surface area contributed by atoms with E-state index in [-0.39, 0.29) is 22.4 Å². The Morgan fingerprint density at radius 2 is 1.43 bits per heavy atom. The van der Waals surface area contributed by atoms with E-state index in [2.05, 4.69) is 0 Å². The summed E-state index contributed by atoms with van der Waals surface area (Å²) in [4.78, 5) is 52.8. The molecule has 0 atom stereocenters. The number of hydrogen-bond acceptors (Lipinski definition) is 7. The number of carbonyl (C=O) groups excluding carboxylic acids is 4. The fourth-order valence-electron chi connectivity index (χ4n) is 4.16. The minimum absolute atomic E-state index is 0.0771. The lowest BCUT2D eigenvalue weighted by atomic mass is 9.71. The molecule has 4 rings (SSSR count). The van der Waals surface area contributed by atoms with Gasteiger partial charge in [-0.25, -0.2) is 4.79 Å². The molecule has 0 bridgehead atoms. The van der Waals surface area contributed by atoms with E-state index in [0.717, 1.165) is 14.2 Å². The summed E-state index contributed by atoms with van der Waals surface area (Å²) in [6.07, 6.45) is 0. The molecule has 0 fully saturated rings. The molecule has 2 aromatic carbocycles. The van der Waals surface area contributed by atoms with E-state index >= 15 is 0 Å². The van der Waals surface area contributed by atoms with Crippen molar-refractivity contribution in [1.29, 1.82) is 0 Å². The monoisotopic (exact) mass is 407 g/mol. The maximum Gasteiger partial charge on any atom is 0.340 e. The fourth-order valence-corrected chi connectivity index (χ4v) is 4.16. The molecule has 30 heavy (non-hydrogen) atoms. The van der Waals surface area contributed by atoms with E-state index in [0.29, 0.717) is 10.9 Å². The van der Waals surface area contributed by atoms with Crippen LogP contribution in [0.25, 0.3) is 10.9 Å². The molecule has 1 aliphatic heterocycles. The third kappa shape index (κ3) is 2.21. The van der Waals surface area contributed by atoms with E-state index in [4.69, 9.17) is 14.2 Å². The van der Waals surface area contributed by atoms with Gasteiger partial charge in [0.05, 0.1) is 38.1 Å². The van der Waals surface area contributed by atoms with Gasteiger partial charge in [0.25, 0.3) is 5.91 Å². The third-order valence-electron chi connectivity index (χ3n) is 5.37. The normalized spacial score (nSPS) is 13.9. The zero-order valence-electron chi connectivity index (χ0n) is 16.4. The molecular weight excluding hydrogens is 390 g/mol.